The van der Waals surface area contributed by atoms with Gasteiger partial charge in [-0.05, 0) is 30.4 Å². The summed E-state index contributed by atoms with van der Waals surface area (Å²) < 4.78 is 31.3. The molecular weight excluding hydrogens is 226 g/mol. The van der Waals surface area contributed by atoms with Crippen LogP contribution in [0.15, 0.2) is 18.2 Å². The van der Waals surface area contributed by atoms with Crippen LogP contribution >= 0.6 is 0 Å². The summed E-state index contributed by atoms with van der Waals surface area (Å²) in [5, 5.41) is 10.4. The molecule has 1 N–H and O–H groups in total. The van der Waals surface area contributed by atoms with E-state index in [9.17, 15) is 13.9 Å². The topological polar surface area (TPSA) is 29.5 Å². The van der Waals surface area contributed by atoms with Gasteiger partial charge in [-0.2, -0.15) is 0 Å². The molecular formula is C13H16F2O2. The van der Waals surface area contributed by atoms with Gasteiger partial charge in [0.25, 0.3) is 0 Å². The second-order valence-corrected chi connectivity index (χ2v) is 4.72. The van der Waals surface area contributed by atoms with Crippen LogP contribution in [0, 0.1) is 17.6 Å². The van der Waals surface area contributed by atoms with E-state index in [1.165, 1.54) is 19.2 Å². The van der Waals surface area contributed by atoms with Crippen LogP contribution in [0.1, 0.15) is 18.4 Å². The molecule has 0 amide bonds. The molecule has 0 aliphatic heterocycles. The van der Waals surface area contributed by atoms with Gasteiger partial charge in [-0.15, -0.1) is 0 Å². The van der Waals surface area contributed by atoms with Crippen molar-refractivity contribution in [1.82, 2.24) is 0 Å². The minimum absolute atomic E-state index is 0.159. The third-order valence-corrected chi connectivity index (χ3v) is 3.24. The van der Waals surface area contributed by atoms with Crippen molar-refractivity contribution in [3.8, 4) is 0 Å². The second-order valence-electron chi connectivity index (χ2n) is 4.72. The summed E-state index contributed by atoms with van der Waals surface area (Å²) in [6, 6.07) is 3.43. The number of rotatable bonds is 5. The Kier molecular flexibility index (Phi) is 3.45. The van der Waals surface area contributed by atoms with Gasteiger partial charge in [-0.3, -0.25) is 0 Å². The zero-order valence-electron chi connectivity index (χ0n) is 9.75. The molecule has 1 fully saturated rings. The minimum atomic E-state index is -1.03. The Morgan fingerprint density at radius 1 is 1.41 bits per heavy atom. The molecule has 0 saturated heterocycles. The van der Waals surface area contributed by atoms with E-state index in [0.717, 1.165) is 18.9 Å². The summed E-state index contributed by atoms with van der Waals surface area (Å²) >= 11 is 0. The quantitative estimate of drug-likeness (QED) is 0.858. The number of methoxy groups -OCH3 is 1. The van der Waals surface area contributed by atoms with Gasteiger partial charge < -0.3 is 9.84 Å². The molecule has 1 aromatic rings. The molecule has 0 spiro atoms. The van der Waals surface area contributed by atoms with Gasteiger partial charge >= 0.3 is 0 Å². The average Bonchev–Trinajstić information content (AvgIpc) is 3.06. The van der Waals surface area contributed by atoms with Crippen LogP contribution in [0.4, 0.5) is 8.78 Å². The van der Waals surface area contributed by atoms with Crippen LogP contribution in [0.3, 0.4) is 0 Å². The van der Waals surface area contributed by atoms with Crippen molar-refractivity contribution in [2.75, 3.05) is 13.7 Å². The molecule has 4 heteroatoms. The molecule has 0 bridgehead atoms. The summed E-state index contributed by atoms with van der Waals surface area (Å²) in [6.07, 6.45) is 2.03. The molecule has 0 aromatic heterocycles. The maximum atomic E-state index is 13.5. The number of benzene rings is 1. The molecule has 2 rings (SSSR count). The largest absolute Gasteiger partial charge is 0.387 e. The van der Waals surface area contributed by atoms with Crippen molar-refractivity contribution < 1.29 is 18.6 Å². The van der Waals surface area contributed by atoms with E-state index in [1.807, 2.05) is 0 Å². The number of aliphatic hydroxyl groups is 1. The highest BCUT2D eigenvalue weighted by molar-refractivity contribution is 5.21. The predicted octanol–water partition coefficient (Wildman–Crippen LogP) is 2.29. The predicted molar refractivity (Wildman–Crippen MR) is 59.6 cm³/mol. The Labute approximate surface area is 99.2 Å². The van der Waals surface area contributed by atoms with E-state index in [-0.39, 0.29) is 18.9 Å². The van der Waals surface area contributed by atoms with Crippen LogP contribution in [0.5, 0.6) is 0 Å². The van der Waals surface area contributed by atoms with E-state index >= 15 is 0 Å². The van der Waals surface area contributed by atoms with Gasteiger partial charge in [0.05, 0.1) is 12.2 Å². The summed E-state index contributed by atoms with van der Waals surface area (Å²) in [4.78, 5) is 0. The minimum Gasteiger partial charge on any atom is -0.387 e. The zero-order valence-corrected chi connectivity index (χ0v) is 9.75. The third kappa shape index (κ3) is 2.82. The van der Waals surface area contributed by atoms with E-state index in [1.54, 1.807) is 0 Å². The Morgan fingerprint density at radius 3 is 2.65 bits per heavy atom. The Bertz CT molecular complexity index is 404. The van der Waals surface area contributed by atoms with Crippen molar-refractivity contribution in [1.29, 1.82) is 0 Å². The molecule has 2 nitrogen and oxygen atoms in total. The van der Waals surface area contributed by atoms with Gasteiger partial charge in [-0.25, -0.2) is 8.78 Å². The first kappa shape index (κ1) is 12.5. The lowest BCUT2D eigenvalue weighted by Crippen LogP contribution is -2.39. The smallest absolute Gasteiger partial charge is 0.129 e. The van der Waals surface area contributed by atoms with Gasteiger partial charge in [0.15, 0.2) is 0 Å². The molecule has 1 unspecified atom stereocenters. The van der Waals surface area contributed by atoms with E-state index in [0.29, 0.717) is 5.56 Å². The summed E-state index contributed by atoms with van der Waals surface area (Å²) in [6.45, 7) is 0.175. The van der Waals surface area contributed by atoms with E-state index in [4.69, 9.17) is 4.74 Å². The second kappa shape index (κ2) is 4.70. The van der Waals surface area contributed by atoms with E-state index < -0.39 is 17.2 Å². The molecule has 17 heavy (non-hydrogen) atoms. The Balaban J connectivity index is 2.17. The molecule has 94 valence electrons. The van der Waals surface area contributed by atoms with Crippen molar-refractivity contribution in [2.24, 2.45) is 5.92 Å². The summed E-state index contributed by atoms with van der Waals surface area (Å²) in [5.41, 5.74) is -0.703. The number of ether oxygens (including phenoxy) is 1. The fourth-order valence-corrected chi connectivity index (χ4v) is 2.18. The molecule has 1 aliphatic carbocycles. The maximum Gasteiger partial charge on any atom is 0.129 e. The van der Waals surface area contributed by atoms with Gasteiger partial charge in [0.2, 0.25) is 0 Å². The van der Waals surface area contributed by atoms with Crippen LogP contribution in [0.2, 0.25) is 0 Å². The fourth-order valence-electron chi connectivity index (χ4n) is 2.18. The summed E-state index contributed by atoms with van der Waals surface area (Å²) in [7, 11) is 1.51. The lowest BCUT2D eigenvalue weighted by Gasteiger charge is -2.27. The van der Waals surface area contributed by atoms with E-state index in [2.05, 4.69) is 0 Å². The van der Waals surface area contributed by atoms with Gasteiger partial charge in [-0.1, -0.05) is 6.07 Å². The fraction of sp³-hybridized carbons (Fsp3) is 0.538. The third-order valence-electron chi connectivity index (χ3n) is 3.24. The molecule has 1 atom stereocenters. The Hall–Kier alpha value is -1.00. The van der Waals surface area contributed by atoms with Crippen molar-refractivity contribution in [3.05, 3.63) is 35.4 Å². The highest BCUT2D eigenvalue weighted by Crippen LogP contribution is 2.41. The van der Waals surface area contributed by atoms with Crippen LogP contribution < -0.4 is 0 Å². The van der Waals surface area contributed by atoms with Crippen LogP contribution in [-0.4, -0.2) is 24.4 Å². The first-order chi connectivity index (χ1) is 8.05. The normalized spacial score (nSPS) is 19.1. The highest BCUT2D eigenvalue weighted by Gasteiger charge is 2.44. The number of halogens is 2. The lowest BCUT2D eigenvalue weighted by molar-refractivity contribution is -0.0479. The first-order valence-corrected chi connectivity index (χ1v) is 5.70. The molecule has 1 aliphatic rings. The first-order valence-electron chi connectivity index (χ1n) is 5.70. The standard InChI is InChI=1S/C13H16F2O2/c1-17-8-13(16,10-3-4-10)7-9-2-5-11(14)6-12(9)15/h2,5-6,10,16H,3-4,7-8H2,1H3. The highest BCUT2D eigenvalue weighted by atomic mass is 19.1. The van der Waals surface area contributed by atoms with Crippen molar-refractivity contribution in [2.45, 2.75) is 24.9 Å². The summed E-state index contributed by atoms with van der Waals surface area (Å²) in [5.74, 6) is -1.06. The molecule has 0 radical (unpaired) electrons. The number of hydrogen-bond donors (Lipinski definition) is 1. The lowest BCUT2D eigenvalue weighted by atomic mass is 9.90. The monoisotopic (exact) mass is 242 g/mol. The molecule has 1 saturated carbocycles. The molecule has 0 heterocycles. The molecule has 1 aromatic carbocycles. The van der Waals surface area contributed by atoms with Crippen LogP contribution in [0.25, 0.3) is 0 Å². The zero-order chi connectivity index (χ0) is 12.5. The van der Waals surface area contributed by atoms with Gasteiger partial charge in [0, 0.05) is 19.6 Å². The number of hydrogen-bond acceptors (Lipinski definition) is 2. The maximum absolute atomic E-state index is 13.5. The average molecular weight is 242 g/mol. The Morgan fingerprint density at radius 2 is 2.12 bits per heavy atom. The van der Waals surface area contributed by atoms with Crippen molar-refractivity contribution in [3.63, 3.8) is 0 Å². The van der Waals surface area contributed by atoms with Crippen LogP contribution in [-0.2, 0) is 11.2 Å². The van der Waals surface area contributed by atoms with Gasteiger partial charge in [0.1, 0.15) is 11.6 Å². The SMILES string of the molecule is COCC(O)(Cc1ccc(F)cc1F)C1CC1. The van der Waals surface area contributed by atoms with Crippen molar-refractivity contribution >= 4 is 0 Å².